The fourth-order valence-corrected chi connectivity index (χ4v) is 3.42. The molecule has 0 atom stereocenters. The van der Waals surface area contributed by atoms with Crippen molar-refractivity contribution in [1.82, 2.24) is 0 Å². The molecule has 0 aromatic rings. The number of esters is 1. The summed E-state index contributed by atoms with van der Waals surface area (Å²) in [4.78, 5) is 12.3. The summed E-state index contributed by atoms with van der Waals surface area (Å²) in [7, 11) is 0. The molecule has 0 heterocycles. The van der Waals surface area contributed by atoms with Gasteiger partial charge in [0.15, 0.2) is 0 Å². The SMILES string of the molecule is CCC1CCC(N)(C(=O)OC2CCC(C)CC2)CC1. The zero-order valence-electron chi connectivity index (χ0n) is 12.5. The van der Waals surface area contributed by atoms with Crippen LogP contribution in [0.1, 0.15) is 71.6 Å². The smallest absolute Gasteiger partial charge is 0.326 e. The van der Waals surface area contributed by atoms with Crippen LogP contribution in [0.4, 0.5) is 0 Å². The van der Waals surface area contributed by atoms with E-state index in [1.165, 1.54) is 19.3 Å². The Bertz CT molecular complexity index is 300. The maximum Gasteiger partial charge on any atom is 0.326 e. The molecule has 3 heteroatoms. The first-order valence-electron chi connectivity index (χ1n) is 8.03. The Kier molecular flexibility index (Phi) is 4.88. The summed E-state index contributed by atoms with van der Waals surface area (Å²) in [6.07, 6.45) is 9.44. The van der Waals surface area contributed by atoms with Crippen LogP contribution in [-0.4, -0.2) is 17.6 Å². The maximum absolute atomic E-state index is 12.3. The van der Waals surface area contributed by atoms with Gasteiger partial charge in [0.2, 0.25) is 0 Å². The largest absolute Gasteiger partial charge is 0.461 e. The minimum atomic E-state index is -0.700. The third-order valence-electron chi connectivity index (χ3n) is 5.22. The zero-order valence-corrected chi connectivity index (χ0v) is 12.5. The van der Waals surface area contributed by atoms with Gasteiger partial charge < -0.3 is 10.5 Å². The molecular weight excluding hydrogens is 238 g/mol. The molecule has 0 aliphatic heterocycles. The summed E-state index contributed by atoms with van der Waals surface area (Å²) in [6, 6.07) is 0. The van der Waals surface area contributed by atoms with Crippen LogP contribution in [0.2, 0.25) is 0 Å². The van der Waals surface area contributed by atoms with Gasteiger partial charge in [-0.05, 0) is 63.2 Å². The van der Waals surface area contributed by atoms with E-state index in [1.807, 2.05) is 0 Å². The first-order valence-corrected chi connectivity index (χ1v) is 8.03. The molecule has 0 radical (unpaired) electrons. The number of hydrogen-bond acceptors (Lipinski definition) is 3. The van der Waals surface area contributed by atoms with Crippen molar-refractivity contribution < 1.29 is 9.53 Å². The van der Waals surface area contributed by atoms with E-state index in [0.29, 0.717) is 0 Å². The number of hydrogen-bond donors (Lipinski definition) is 1. The highest BCUT2D eigenvalue weighted by Gasteiger charge is 2.40. The Morgan fingerprint density at radius 1 is 1.16 bits per heavy atom. The van der Waals surface area contributed by atoms with Crippen molar-refractivity contribution in [2.45, 2.75) is 83.3 Å². The predicted molar refractivity (Wildman–Crippen MR) is 76.7 cm³/mol. The molecule has 0 amide bonds. The number of nitrogens with two attached hydrogens (primary N) is 1. The molecule has 2 N–H and O–H groups in total. The van der Waals surface area contributed by atoms with E-state index in [-0.39, 0.29) is 12.1 Å². The van der Waals surface area contributed by atoms with Gasteiger partial charge in [-0.15, -0.1) is 0 Å². The van der Waals surface area contributed by atoms with Gasteiger partial charge in [0, 0.05) is 0 Å². The Morgan fingerprint density at radius 3 is 2.26 bits per heavy atom. The molecule has 0 saturated heterocycles. The summed E-state index contributed by atoms with van der Waals surface area (Å²) in [5.41, 5.74) is 5.59. The molecule has 2 saturated carbocycles. The van der Waals surface area contributed by atoms with Crippen LogP contribution in [0.5, 0.6) is 0 Å². The quantitative estimate of drug-likeness (QED) is 0.797. The van der Waals surface area contributed by atoms with E-state index in [0.717, 1.165) is 50.4 Å². The summed E-state index contributed by atoms with van der Waals surface area (Å²) < 4.78 is 5.69. The average Bonchev–Trinajstić information content (AvgIpc) is 2.42. The molecule has 2 aliphatic rings. The summed E-state index contributed by atoms with van der Waals surface area (Å²) in [5, 5.41) is 0. The first-order chi connectivity index (χ1) is 9.03. The Hall–Kier alpha value is -0.570. The second kappa shape index (κ2) is 6.25. The molecule has 19 heavy (non-hydrogen) atoms. The van der Waals surface area contributed by atoms with Gasteiger partial charge in [0.1, 0.15) is 11.6 Å². The van der Waals surface area contributed by atoms with Crippen LogP contribution in [0.3, 0.4) is 0 Å². The number of ether oxygens (including phenoxy) is 1. The third kappa shape index (κ3) is 3.71. The van der Waals surface area contributed by atoms with Crippen molar-refractivity contribution >= 4 is 5.97 Å². The zero-order chi connectivity index (χ0) is 13.9. The van der Waals surface area contributed by atoms with E-state index in [9.17, 15) is 4.79 Å². The average molecular weight is 267 g/mol. The molecule has 3 nitrogen and oxygen atoms in total. The molecule has 0 aromatic heterocycles. The highest BCUT2D eigenvalue weighted by molar-refractivity contribution is 5.80. The van der Waals surface area contributed by atoms with E-state index in [1.54, 1.807) is 0 Å². The van der Waals surface area contributed by atoms with E-state index in [4.69, 9.17) is 10.5 Å². The van der Waals surface area contributed by atoms with Gasteiger partial charge in [-0.3, -0.25) is 4.79 Å². The molecule has 0 bridgehead atoms. The lowest BCUT2D eigenvalue weighted by Gasteiger charge is -2.36. The van der Waals surface area contributed by atoms with Gasteiger partial charge in [-0.2, -0.15) is 0 Å². The van der Waals surface area contributed by atoms with Crippen LogP contribution < -0.4 is 5.73 Å². The molecule has 0 spiro atoms. The van der Waals surface area contributed by atoms with Gasteiger partial charge in [-0.25, -0.2) is 0 Å². The van der Waals surface area contributed by atoms with Gasteiger partial charge in [0.05, 0.1) is 0 Å². The van der Waals surface area contributed by atoms with Gasteiger partial charge >= 0.3 is 5.97 Å². The summed E-state index contributed by atoms with van der Waals surface area (Å²) in [5.74, 6) is 1.39. The number of rotatable bonds is 3. The lowest BCUT2D eigenvalue weighted by atomic mass is 9.76. The monoisotopic (exact) mass is 267 g/mol. The Labute approximate surface area is 117 Å². The minimum Gasteiger partial charge on any atom is -0.461 e. The molecule has 2 rings (SSSR count). The van der Waals surface area contributed by atoms with Gasteiger partial charge in [-0.1, -0.05) is 20.3 Å². The van der Waals surface area contributed by atoms with Crippen molar-refractivity contribution in [1.29, 1.82) is 0 Å². The first kappa shape index (κ1) is 14.8. The summed E-state index contributed by atoms with van der Waals surface area (Å²) >= 11 is 0. The molecule has 0 unspecified atom stereocenters. The lowest BCUT2D eigenvalue weighted by molar-refractivity contribution is -0.159. The van der Waals surface area contributed by atoms with Crippen LogP contribution in [0.15, 0.2) is 0 Å². The Morgan fingerprint density at radius 2 is 1.74 bits per heavy atom. The fraction of sp³-hybridized carbons (Fsp3) is 0.938. The number of carbonyl (C=O) groups is 1. The van der Waals surface area contributed by atoms with Crippen molar-refractivity contribution in [3.05, 3.63) is 0 Å². The minimum absolute atomic E-state index is 0.119. The molecular formula is C16H29NO2. The molecule has 110 valence electrons. The van der Waals surface area contributed by atoms with Crippen LogP contribution in [-0.2, 0) is 9.53 Å². The highest BCUT2D eigenvalue weighted by Crippen LogP contribution is 2.34. The standard InChI is InChI=1S/C16H29NO2/c1-3-13-8-10-16(17,11-9-13)15(18)19-14-6-4-12(2)5-7-14/h12-14H,3-11,17H2,1-2H3. The normalized spacial score (nSPS) is 39.8. The van der Waals surface area contributed by atoms with Crippen molar-refractivity contribution in [3.63, 3.8) is 0 Å². The lowest BCUT2D eigenvalue weighted by Crippen LogP contribution is -2.52. The highest BCUT2D eigenvalue weighted by atomic mass is 16.5. The predicted octanol–water partition coefficient (Wildman–Crippen LogP) is 3.41. The molecule has 2 fully saturated rings. The van der Waals surface area contributed by atoms with Crippen molar-refractivity contribution in [2.75, 3.05) is 0 Å². The van der Waals surface area contributed by atoms with E-state index < -0.39 is 5.54 Å². The van der Waals surface area contributed by atoms with Crippen LogP contribution in [0.25, 0.3) is 0 Å². The maximum atomic E-state index is 12.3. The second-order valence-corrected chi connectivity index (χ2v) is 6.79. The van der Waals surface area contributed by atoms with Gasteiger partial charge in [0.25, 0.3) is 0 Å². The fourth-order valence-electron chi connectivity index (χ4n) is 3.42. The van der Waals surface area contributed by atoms with Crippen molar-refractivity contribution in [3.8, 4) is 0 Å². The second-order valence-electron chi connectivity index (χ2n) is 6.79. The van der Waals surface area contributed by atoms with Crippen molar-refractivity contribution in [2.24, 2.45) is 17.6 Å². The topological polar surface area (TPSA) is 52.3 Å². The molecule has 2 aliphatic carbocycles. The van der Waals surface area contributed by atoms with E-state index in [2.05, 4.69) is 13.8 Å². The van der Waals surface area contributed by atoms with Crippen LogP contribution >= 0.6 is 0 Å². The molecule has 0 aromatic carbocycles. The Balaban J connectivity index is 1.82. The third-order valence-corrected chi connectivity index (χ3v) is 5.22. The summed E-state index contributed by atoms with van der Waals surface area (Å²) in [6.45, 7) is 4.49. The van der Waals surface area contributed by atoms with E-state index >= 15 is 0 Å². The number of carbonyl (C=O) groups excluding carboxylic acids is 1. The van der Waals surface area contributed by atoms with Crippen LogP contribution in [0, 0.1) is 11.8 Å².